The van der Waals surface area contributed by atoms with Gasteiger partial charge in [0.25, 0.3) is 5.91 Å². The summed E-state index contributed by atoms with van der Waals surface area (Å²) in [7, 11) is 0. The summed E-state index contributed by atoms with van der Waals surface area (Å²) in [6.45, 7) is 7.21. The molecule has 1 atom stereocenters. The number of anilines is 1. The molecule has 7 heteroatoms. The highest BCUT2D eigenvalue weighted by molar-refractivity contribution is 6.33. The van der Waals surface area contributed by atoms with E-state index in [-0.39, 0.29) is 5.91 Å². The fraction of sp³-hybridized carbons (Fsp3) is 0.440. The van der Waals surface area contributed by atoms with Gasteiger partial charge in [0.15, 0.2) is 0 Å². The molecule has 168 valence electrons. The average molecular weight is 453 g/mol. The number of benzene rings is 2. The van der Waals surface area contributed by atoms with Gasteiger partial charge in [-0.05, 0) is 55.7 Å². The van der Waals surface area contributed by atoms with E-state index in [2.05, 4.69) is 15.9 Å². The highest BCUT2D eigenvalue weighted by Crippen LogP contribution is 2.29. The lowest BCUT2D eigenvalue weighted by molar-refractivity contribution is 0.0143. The Kier molecular flexibility index (Phi) is 6.71. The standard InChI is InChI=1S/C25H29ClN4O2/c1-25(32,21-7-5-20(6-8-21)24(31)30-10-2-3-11-30)18-28-12-14-29(15-13-28)23-9-4-19(17-27)16-22(23)26/h4-9,16,32H,2-3,10-15,18H2,1H3/t25-/m1/s1. The number of likely N-dealkylation sites (tertiary alicyclic amines) is 1. The third-order valence-corrected chi connectivity index (χ3v) is 6.77. The highest BCUT2D eigenvalue weighted by atomic mass is 35.5. The van der Waals surface area contributed by atoms with Crippen LogP contribution >= 0.6 is 11.6 Å². The molecule has 2 heterocycles. The van der Waals surface area contributed by atoms with E-state index < -0.39 is 5.60 Å². The predicted molar refractivity (Wildman–Crippen MR) is 126 cm³/mol. The number of β-amino-alcohol motifs (C(OH)–C–C–N with tert-alkyl or cyclic N) is 1. The van der Waals surface area contributed by atoms with Crippen LogP contribution in [-0.4, -0.2) is 66.6 Å². The molecule has 0 saturated carbocycles. The van der Waals surface area contributed by atoms with Gasteiger partial charge in [-0.1, -0.05) is 23.7 Å². The van der Waals surface area contributed by atoms with Gasteiger partial charge in [0.2, 0.25) is 0 Å². The molecule has 1 amide bonds. The smallest absolute Gasteiger partial charge is 0.253 e. The number of carbonyl (C=O) groups excluding carboxylic acids is 1. The zero-order valence-corrected chi connectivity index (χ0v) is 19.2. The molecule has 32 heavy (non-hydrogen) atoms. The molecule has 0 bridgehead atoms. The summed E-state index contributed by atoms with van der Waals surface area (Å²) >= 11 is 6.37. The maximum Gasteiger partial charge on any atom is 0.253 e. The maximum absolute atomic E-state index is 12.6. The van der Waals surface area contributed by atoms with Crippen LogP contribution in [0.25, 0.3) is 0 Å². The normalized spacial score (nSPS) is 18.9. The summed E-state index contributed by atoms with van der Waals surface area (Å²) in [6, 6.07) is 14.9. The summed E-state index contributed by atoms with van der Waals surface area (Å²) in [5.41, 5.74) is 1.98. The lowest BCUT2D eigenvalue weighted by atomic mass is 9.94. The van der Waals surface area contributed by atoms with Crippen LogP contribution in [0.3, 0.4) is 0 Å². The Bertz CT molecular complexity index is 1000. The van der Waals surface area contributed by atoms with E-state index in [4.69, 9.17) is 16.9 Å². The van der Waals surface area contributed by atoms with Gasteiger partial charge in [-0.3, -0.25) is 9.69 Å². The van der Waals surface area contributed by atoms with Gasteiger partial charge in [-0.25, -0.2) is 0 Å². The third kappa shape index (κ3) is 4.91. The molecule has 0 aliphatic carbocycles. The second kappa shape index (κ2) is 9.50. The molecule has 1 N–H and O–H groups in total. The fourth-order valence-corrected chi connectivity index (χ4v) is 4.88. The van der Waals surface area contributed by atoms with Crippen LogP contribution in [0.2, 0.25) is 5.02 Å². The second-order valence-corrected chi connectivity index (χ2v) is 9.30. The van der Waals surface area contributed by atoms with Crippen LogP contribution in [0.5, 0.6) is 0 Å². The molecular weight excluding hydrogens is 424 g/mol. The quantitative estimate of drug-likeness (QED) is 0.752. The number of hydrogen-bond acceptors (Lipinski definition) is 5. The van der Waals surface area contributed by atoms with E-state index in [9.17, 15) is 9.90 Å². The lowest BCUT2D eigenvalue weighted by Gasteiger charge is -2.39. The Balaban J connectivity index is 1.35. The summed E-state index contributed by atoms with van der Waals surface area (Å²) < 4.78 is 0. The van der Waals surface area contributed by atoms with Gasteiger partial charge in [0, 0.05) is 51.4 Å². The molecule has 0 spiro atoms. The van der Waals surface area contributed by atoms with Crippen molar-refractivity contribution in [2.45, 2.75) is 25.4 Å². The number of nitrogens with zero attached hydrogens (tertiary/aromatic N) is 4. The van der Waals surface area contributed by atoms with Crippen LogP contribution in [-0.2, 0) is 5.60 Å². The van der Waals surface area contributed by atoms with E-state index in [1.807, 2.05) is 42.2 Å². The van der Waals surface area contributed by atoms with Crippen molar-refractivity contribution in [2.75, 3.05) is 50.7 Å². The zero-order valence-electron chi connectivity index (χ0n) is 18.4. The first-order valence-electron chi connectivity index (χ1n) is 11.2. The molecule has 0 aromatic heterocycles. The summed E-state index contributed by atoms with van der Waals surface area (Å²) in [6.07, 6.45) is 2.15. The highest BCUT2D eigenvalue weighted by Gasteiger charge is 2.29. The molecule has 6 nitrogen and oxygen atoms in total. The van der Waals surface area contributed by atoms with Crippen LogP contribution in [0.1, 0.15) is 41.3 Å². The summed E-state index contributed by atoms with van der Waals surface area (Å²) in [5, 5.41) is 20.8. The zero-order chi connectivity index (χ0) is 22.7. The van der Waals surface area contributed by atoms with Crippen LogP contribution < -0.4 is 4.90 Å². The number of hydrogen-bond donors (Lipinski definition) is 1. The summed E-state index contributed by atoms with van der Waals surface area (Å²) in [4.78, 5) is 18.9. The molecule has 2 aliphatic heterocycles. The molecule has 0 radical (unpaired) electrons. The third-order valence-electron chi connectivity index (χ3n) is 6.47. The van der Waals surface area contributed by atoms with Crippen LogP contribution in [0.4, 0.5) is 5.69 Å². The number of piperazine rings is 1. The molecule has 4 rings (SSSR count). The first-order valence-corrected chi connectivity index (χ1v) is 11.5. The minimum Gasteiger partial charge on any atom is -0.384 e. The van der Waals surface area contributed by atoms with E-state index in [0.717, 1.165) is 63.4 Å². The van der Waals surface area contributed by atoms with Crippen molar-refractivity contribution in [3.8, 4) is 6.07 Å². The lowest BCUT2D eigenvalue weighted by Crippen LogP contribution is -2.50. The van der Waals surface area contributed by atoms with Crippen molar-refractivity contribution in [2.24, 2.45) is 0 Å². The Morgan fingerprint density at radius 2 is 1.72 bits per heavy atom. The first kappa shape index (κ1) is 22.6. The van der Waals surface area contributed by atoms with Crippen molar-refractivity contribution < 1.29 is 9.90 Å². The Morgan fingerprint density at radius 1 is 1.06 bits per heavy atom. The van der Waals surface area contributed by atoms with Gasteiger partial charge in [0.1, 0.15) is 0 Å². The minimum atomic E-state index is -1.01. The van der Waals surface area contributed by atoms with Gasteiger partial charge in [0.05, 0.1) is 27.9 Å². The molecule has 2 aromatic rings. The van der Waals surface area contributed by atoms with Crippen molar-refractivity contribution in [1.82, 2.24) is 9.80 Å². The van der Waals surface area contributed by atoms with Crippen molar-refractivity contribution in [1.29, 1.82) is 5.26 Å². The molecule has 2 aromatic carbocycles. The fourth-order valence-electron chi connectivity index (χ4n) is 4.58. The van der Waals surface area contributed by atoms with E-state index >= 15 is 0 Å². The molecule has 0 unspecified atom stereocenters. The van der Waals surface area contributed by atoms with Crippen LogP contribution in [0.15, 0.2) is 42.5 Å². The van der Waals surface area contributed by atoms with E-state index in [1.54, 1.807) is 12.1 Å². The maximum atomic E-state index is 12.6. The van der Waals surface area contributed by atoms with Crippen molar-refractivity contribution in [3.05, 3.63) is 64.2 Å². The number of amides is 1. The monoisotopic (exact) mass is 452 g/mol. The van der Waals surface area contributed by atoms with Gasteiger partial charge >= 0.3 is 0 Å². The Labute approximate surface area is 194 Å². The molecule has 2 saturated heterocycles. The minimum absolute atomic E-state index is 0.0753. The Hall–Kier alpha value is -2.59. The van der Waals surface area contributed by atoms with Gasteiger partial charge in [-0.2, -0.15) is 5.26 Å². The number of halogens is 1. The molecular formula is C25H29ClN4O2. The number of carbonyl (C=O) groups is 1. The van der Waals surface area contributed by atoms with E-state index in [0.29, 0.717) is 22.7 Å². The predicted octanol–water partition coefficient (Wildman–Crippen LogP) is 3.48. The van der Waals surface area contributed by atoms with Crippen LogP contribution in [0, 0.1) is 11.3 Å². The number of rotatable bonds is 5. The average Bonchev–Trinajstić information content (AvgIpc) is 3.34. The number of nitriles is 1. The molecule has 2 aliphatic rings. The SMILES string of the molecule is C[C@@](O)(CN1CCN(c2ccc(C#N)cc2Cl)CC1)c1ccc(C(=O)N2CCCC2)cc1. The topological polar surface area (TPSA) is 70.8 Å². The second-order valence-electron chi connectivity index (χ2n) is 8.89. The Morgan fingerprint density at radius 3 is 2.31 bits per heavy atom. The van der Waals surface area contributed by atoms with Crippen molar-refractivity contribution in [3.63, 3.8) is 0 Å². The first-order chi connectivity index (χ1) is 15.4. The van der Waals surface area contributed by atoms with Gasteiger partial charge < -0.3 is 14.9 Å². The van der Waals surface area contributed by atoms with Crippen molar-refractivity contribution >= 4 is 23.2 Å². The molecule has 2 fully saturated rings. The summed E-state index contributed by atoms with van der Waals surface area (Å²) in [5.74, 6) is 0.0753. The van der Waals surface area contributed by atoms with Gasteiger partial charge in [-0.15, -0.1) is 0 Å². The largest absolute Gasteiger partial charge is 0.384 e. The number of aliphatic hydroxyl groups is 1. The van der Waals surface area contributed by atoms with E-state index in [1.165, 1.54) is 0 Å².